The lowest BCUT2D eigenvalue weighted by Crippen LogP contribution is -2.14. The Morgan fingerprint density at radius 3 is 2.45 bits per heavy atom. The lowest BCUT2D eigenvalue weighted by Gasteiger charge is -2.22. The molecule has 0 aliphatic carbocycles. The molecule has 146 valence electrons. The molecular formula is C20H14N2O5S2. The summed E-state index contributed by atoms with van der Waals surface area (Å²) >= 11 is 1.03. The Morgan fingerprint density at radius 2 is 1.66 bits per heavy atom. The maximum Gasteiger partial charge on any atom is 0.262 e. The van der Waals surface area contributed by atoms with Crippen molar-refractivity contribution in [2.45, 2.75) is 4.90 Å². The van der Waals surface area contributed by atoms with Crippen LogP contribution in [0.5, 0.6) is 23.0 Å². The quantitative estimate of drug-likeness (QED) is 0.465. The molecule has 1 aliphatic heterocycles. The van der Waals surface area contributed by atoms with Crippen molar-refractivity contribution in [1.82, 2.24) is 3.96 Å². The van der Waals surface area contributed by atoms with E-state index in [1.807, 2.05) is 6.07 Å². The van der Waals surface area contributed by atoms with Crippen LogP contribution >= 0.6 is 11.5 Å². The molecule has 9 heteroatoms. The van der Waals surface area contributed by atoms with Gasteiger partial charge in [0, 0.05) is 7.05 Å². The molecule has 0 amide bonds. The fourth-order valence-corrected chi connectivity index (χ4v) is 5.03. The van der Waals surface area contributed by atoms with Gasteiger partial charge in [-0.2, -0.15) is 0 Å². The molecule has 0 saturated carbocycles. The molecule has 0 saturated heterocycles. The van der Waals surface area contributed by atoms with E-state index in [0.29, 0.717) is 28.2 Å². The summed E-state index contributed by atoms with van der Waals surface area (Å²) in [5.74, 6) is 1.74. The predicted octanol–water partition coefficient (Wildman–Crippen LogP) is 4.30. The van der Waals surface area contributed by atoms with Gasteiger partial charge < -0.3 is 9.47 Å². The van der Waals surface area contributed by atoms with Gasteiger partial charge in [-0.1, -0.05) is 18.2 Å². The van der Waals surface area contributed by atoms with Crippen molar-refractivity contribution in [1.29, 1.82) is 0 Å². The van der Waals surface area contributed by atoms with Crippen molar-refractivity contribution < 1.29 is 17.9 Å². The predicted molar refractivity (Wildman–Crippen MR) is 111 cm³/mol. The van der Waals surface area contributed by atoms with E-state index in [1.165, 1.54) is 12.1 Å². The van der Waals surface area contributed by atoms with Crippen molar-refractivity contribution in [3.05, 3.63) is 70.2 Å². The van der Waals surface area contributed by atoms with E-state index < -0.39 is 10.0 Å². The van der Waals surface area contributed by atoms with E-state index in [9.17, 15) is 13.2 Å². The van der Waals surface area contributed by atoms with E-state index in [2.05, 4.69) is 4.72 Å². The number of rotatable bonds is 3. The molecule has 0 spiro atoms. The summed E-state index contributed by atoms with van der Waals surface area (Å²) in [6.45, 7) is 0. The van der Waals surface area contributed by atoms with Crippen LogP contribution in [0.2, 0.25) is 0 Å². The number of sulfonamides is 1. The topological polar surface area (TPSA) is 86.6 Å². The van der Waals surface area contributed by atoms with Gasteiger partial charge in [-0.3, -0.25) is 13.5 Å². The summed E-state index contributed by atoms with van der Waals surface area (Å²) in [7, 11) is -2.20. The van der Waals surface area contributed by atoms with Gasteiger partial charge in [-0.25, -0.2) is 8.42 Å². The molecule has 5 rings (SSSR count). The Bertz CT molecular complexity index is 1440. The maximum atomic E-state index is 13.0. The van der Waals surface area contributed by atoms with Gasteiger partial charge in [0.15, 0.2) is 23.0 Å². The maximum absolute atomic E-state index is 13.0. The fraction of sp³-hybridized carbons (Fsp3) is 0.0500. The minimum atomic E-state index is -3.95. The van der Waals surface area contributed by atoms with Crippen LogP contribution in [0, 0.1) is 0 Å². The summed E-state index contributed by atoms with van der Waals surface area (Å²) < 4.78 is 41.7. The third-order valence-corrected chi connectivity index (χ3v) is 6.78. The first kappa shape index (κ1) is 17.8. The lowest BCUT2D eigenvalue weighted by molar-refractivity contribution is 0.361. The van der Waals surface area contributed by atoms with Gasteiger partial charge in [0.2, 0.25) is 0 Å². The van der Waals surface area contributed by atoms with Gasteiger partial charge in [0.05, 0.1) is 21.5 Å². The van der Waals surface area contributed by atoms with Gasteiger partial charge >= 0.3 is 0 Å². The Kier molecular flexibility index (Phi) is 3.90. The van der Waals surface area contributed by atoms with Crippen LogP contribution in [0.3, 0.4) is 0 Å². The number of para-hydroxylation sites is 3. The molecule has 0 radical (unpaired) electrons. The van der Waals surface area contributed by atoms with Crippen LogP contribution in [-0.4, -0.2) is 12.4 Å². The number of aromatic nitrogens is 1. The third-order valence-electron chi connectivity index (χ3n) is 4.56. The summed E-state index contributed by atoms with van der Waals surface area (Å²) in [4.78, 5) is 12.1. The number of nitrogens with zero attached hydrogens (tertiary/aromatic N) is 1. The zero-order chi connectivity index (χ0) is 20.2. The van der Waals surface area contributed by atoms with Crippen LogP contribution in [-0.2, 0) is 17.1 Å². The van der Waals surface area contributed by atoms with Gasteiger partial charge in [0.1, 0.15) is 0 Å². The highest BCUT2D eigenvalue weighted by Crippen LogP contribution is 2.48. The van der Waals surface area contributed by atoms with E-state index in [-0.39, 0.29) is 21.1 Å². The zero-order valence-electron chi connectivity index (χ0n) is 15.1. The molecular weight excluding hydrogens is 412 g/mol. The second kappa shape index (κ2) is 6.36. The van der Waals surface area contributed by atoms with E-state index in [1.54, 1.807) is 53.5 Å². The van der Waals surface area contributed by atoms with Crippen molar-refractivity contribution in [3.8, 4) is 23.0 Å². The average Bonchev–Trinajstić information content (AvgIpc) is 3.00. The van der Waals surface area contributed by atoms with Crippen LogP contribution in [0.4, 0.5) is 5.69 Å². The molecule has 3 aromatic carbocycles. The van der Waals surface area contributed by atoms with Crippen molar-refractivity contribution in [2.75, 3.05) is 4.72 Å². The normalized spacial score (nSPS) is 12.6. The first-order chi connectivity index (χ1) is 13.9. The first-order valence-electron chi connectivity index (χ1n) is 8.63. The Hall–Kier alpha value is -3.30. The van der Waals surface area contributed by atoms with E-state index in [4.69, 9.17) is 9.47 Å². The molecule has 1 aliphatic rings. The average molecular weight is 426 g/mol. The van der Waals surface area contributed by atoms with Gasteiger partial charge in [0.25, 0.3) is 14.8 Å². The fourth-order valence-electron chi connectivity index (χ4n) is 3.18. The number of hydrogen-bond donors (Lipinski definition) is 1. The monoisotopic (exact) mass is 426 g/mol. The van der Waals surface area contributed by atoms with Crippen molar-refractivity contribution >= 4 is 38.1 Å². The number of aryl methyl sites for hydroxylation is 1. The highest BCUT2D eigenvalue weighted by Gasteiger charge is 2.24. The lowest BCUT2D eigenvalue weighted by atomic mass is 10.2. The second-order valence-corrected chi connectivity index (χ2v) is 9.23. The summed E-state index contributed by atoms with van der Waals surface area (Å²) in [5, 5.41) is 0.365. The SMILES string of the molecule is Cn1sc(=O)c2cc(S(=O)(=O)Nc3cccc4c3Oc3ccccc3O4)ccc21. The van der Waals surface area contributed by atoms with Crippen LogP contribution < -0.4 is 18.9 Å². The molecule has 4 aromatic rings. The molecule has 0 atom stereocenters. The standard InChI is InChI=1S/C20H14N2O5S2/c1-22-15-10-9-12(11-13(15)20(23)28-22)29(24,25)21-14-5-4-8-18-19(14)27-17-7-3-2-6-16(17)26-18/h2-11,21H,1H3. The molecule has 1 N–H and O–H groups in total. The van der Waals surface area contributed by atoms with Crippen molar-refractivity contribution in [2.24, 2.45) is 7.05 Å². The number of fused-ring (bicyclic) bond motifs is 3. The second-order valence-electron chi connectivity index (χ2n) is 6.44. The number of hydrogen-bond acceptors (Lipinski definition) is 6. The van der Waals surface area contributed by atoms with Gasteiger partial charge in [-0.15, -0.1) is 0 Å². The molecule has 0 fully saturated rings. The van der Waals surface area contributed by atoms with Crippen molar-refractivity contribution in [3.63, 3.8) is 0 Å². The minimum Gasteiger partial charge on any atom is -0.449 e. The molecule has 29 heavy (non-hydrogen) atoms. The Balaban J connectivity index is 1.54. The smallest absolute Gasteiger partial charge is 0.262 e. The van der Waals surface area contributed by atoms with E-state index in [0.717, 1.165) is 11.5 Å². The number of anilines is 1. The molecule has 1 aromatic heterocycles. The van der Waals surface area contributed by atoms with E-state index >= 15 is 0 Å². The summed E-state index contributed by atoms with van der Waals surface area (Å²) in [6.07, 6.45) is 0. The largest absolute Gasteiger partial charge is 0.449 e. The number of ether oxygens (including phenoxy) is 2. The molecule has 0 unspecified atom stereocenters. The molecule has 7 nitrogen and oxygen atoms in total. The van der Waals surface area contributed by atoms with Crippen LogP contribution in [0.25, 0.3) is 10.9 Å². The zero-order valence-corrected chi connectivity index (χ0v) is 16.7. The third kappa shape index (κ3) is 2.95. The van der Waals surface area contributed by atoms with Crippen LogP contribution in [0.1, 0.15) is 0 Å². The highest BCUT2D eigenvalue weighted by molar-refractivity contribution is 7.92. The van der Waals surface area contributed by atoms with Gasteiger partial charge in [-0.05, 0) is 54.0 Å². The Labute approximate surface area is 169 Å². The summed E-state index contributed by atoms with van der Waals surface area (Å²) in [5.41, 5.74) is 0.930. The molecule has 2 heterocycles. The number of nitrogens with one attached hydrogen (secondary N) is 1. The highest BCUT2D eigenvalue weighted by atomic mass is 32.2. The summed E-state index contributed by atoms with van der Waals surface area (Å²) in [6, 6.07) is 16.6. The first-order valence-corrected chi connectivity index (χ1v) is 10.9. The number of benzene rings is 3. The minimum absolute atomic E-state index is 0.00442. The van der Waals surface area contributed by atoms with Crippen LogP contribution in [0.15, 0.2) is 70.4 Å². The molecule has 0 bridgehead atoms. The Morgan fingerprint density at radius 1 is 0.931 bits per heavy atom.